The molecular weight excluding hydrogens is 293 g/mol. The topological polar surface area (TPSA) is 54.7 Å². The van der Waals surface area contributed by atoms with Gasteiger partial charge >= 0.3 is 0 Å². The maximum atomic E-state index is 5.99. The Morgan fingerprint density at radius 1 is 1.05 bits per heavy atom. The maximum absolute atomic E-state index is 5.99. The molecule has 3 aromatic rings. The molecule has 3 nitrogen and oxygen atoms in total. The first-order chi connectivity index (χ1) is 9.61. The van der Waals surface area contributed by atoms with Crippen molar-refractivity contribution in [3.8, 4) is 0 Å². The largest absolute Gasteiger partial charge is 0.399 e. The van der Waals surface area contributed by atoms with Gasteiger partial charge < -0.3 is 10.7 Å². The Hall–Kier alpha value is -1.71. The number of H-pyrrole nitrogens is 1. The number of nitrogens with two attached hydrogens (primary N) is 1. The fraction of sp³-hybridized carbons (Fsp3) is 0.133. The van der Waals surface area contributed by atoms with Gasteiger partial charge in [-0.05, 0) is 36.2 Å². The van der Waals surface area contributed by atoms with Crippen LogP contribution in [0, 0.1) is 0 Å². The first-order valence-electron chi connectivity index (χ1n) is 6.30. The van der Waals surface area contributed by atoms with Crippen LogP contribution in [0.2, 0.25) is 10.0 Å². The Morgan fingerprint density at radius 2 is 1.85 bits per heavy atom. The molecule has 0 fully saturated rings. The van der Waals surface area contributed by atoms with Crippen molar-refractivity contribution in [2.24, 2.45) is 0 Å². The van der Waals surface area contributed by atoms with Crippen molar-refractivity contribution in [3.63, 3.8) is 0 Å². The van der Waals surface area contributed by atoms with Crippen molar-refractivity contribution in [2.45, 2.75) is 12.8 Å². The molecule has 2 aromatic carbocycles. The fourth-order valence-electron chi connectivity index (χ4n) is 2.19. The number of imidazole rings is 1. The van der Waals surface area contributed by atoms with Gasteiger partial charge in [-0.2, -0.15) is 0 Å². The lowest BCUT2D eigenvalue weighted by Crippen LogP contribution is -1.94. The first kappa shape index (κ1) is 13.3. The van der Waals surface area contributed by atoms with E-state index in [0.717, 1.165) is 35.4 Å². The number of aromatic nitrogens is 2. The third-order valence-corrected chi connectivity index (χ3v) is 3.90. The smallest absolute Gasteiger partial charge is 0.107 e. The van der Waals surface area contributed by atoms with Crippen LogP contribution < -0.4 is 5.73 Å². The highest BCUT2D eigenvalue weighted by Crippen LogP contribution is 2.26. The highest BCUT2D eigenvalue weighted by molar-refractivity contribution is 6.42. The zero-order chi connectivity index (χ0) is 14.1. The van der Waals surface area contributed by atoms with Gasteiger partial charge in [-0.25, -0.2) is 4.98 Å². The van der Waals surface area contributed by atoms with Gasteiger partial charge in [0.2, 0.25) is 0 Å². The lowest BCUT2D eigenvalue weighted by atomic mass is 10.1. The van der Waals surface area contributed by atoms with Crippen LogP contribution in [-0.4, -0.2) is 9.97 Å². The number of aryl methyl sites for hydroxylation is 2. The van der Waals surface area contributed by atoms with Crippen LogP contribution in [0.25, 0.3) is 11.0 Å². The SMILES string of the molecule is Nc1cccc(CCc2nc3cc(Cl)c(Cl)cc3[nH]2)c1. The molecule has 0 atom stereocenters. The van der Waals surface area contributed by atoms with Crippen LogP contribution in [0.15, 0.2) is 36.4 Å². The zero-order valence-electron chi connectivity index (χ0n) is 10.7. The predicted molar refractivity (Wildman–Crippen MR) is 84.4 cm³/mol. The second-order valence-corrected chi connectivity index (χ2v) is 5.53. The van der Waals surface area contributed by atoms with E-state index in [2.05, 4.69) is 16.0 Å². The van der Waals surface area contributed by atoms with Gasteiger partial charge in [-0.15, -0.1) is 0 Å². The summed E-state index contributed by atoms with van der Waals surface area (Å²) >= 11 is 12.0. The van der Waals surface area contributed by atoms with E-state index >= 15 is 0 Å². The molecule has 3 rings (SSSR count). The zero-order valence-corrected chi connectivity index (χ0v) is 12.2. The molecule has 0 bridgehead atoms. The molecular formula is C15H13Cl2N3. The number of fused-ring (bicyclic) bond motifs is 1. The van der Waals surface area contributed by atoms with Gasteiger partial charge in [-0.1, -0.05) is 35.3 Å². The van der Waals surface area contributed by atoms with Crippen LogP contribution in [0.5, 0.6) is 0 Å². The molecule has 1 aromatic heterocycles. The Balaban J connectivity index is 1.81. The van der Waals surface area contributed by atoms with E-state index in [1.807, 2.05) is 18.2 Å². The Morgan fingerprint density at radius 3 is 2.65 bits per heavy atom. The van der Waals surface area contributed by atoms with Crippen LogP contribution in [-0.2, 0) is 12.8 Å². The molecule has 0 unspecified atom stereocenters. The summed E-state index contributed by atoms with van der Waals surface area (Å²) in [5, 5.41) is 1.05. The monoisotopic (exact) mass is 305 g/mol. The lowest BCUT2D eigenvalue weighted by Gasteiger charge is -2.00. The van der Waals surface area contributed by atoms with E-state index in [1.165, 1.54) is 5.56 Å². The van der Waals surface area contributed by atoms with Crippen LogP contribution in [0.1, 0.15) is 11.4 Å². The second kappa shape index (κ2) is 5.35. The Bertz CT molecular complexity index is 726. The molecule has 1 heterocycles. The average molecular weight is 306 g/mol. The van der Waals surface area contributed by atoms with Crippen molar-refractivity contribution in [3.05, 3.63) is 57.8 Å². The summed E-state index contributed by atoms with van der Waals surface area (Å²) in [4.78, 5) is 7.79. The molecule has 0 aliphatic rings. The number of nitrogens with one attached hydrogen (secondary N) is 1. The molecule has 0 spiro atoms. The number of aromatic amines is 1. The molecule has 5 heteroatoms. The highest BCUT2D eigenvalue weighted by Gasteiger charge is 2.07. The summed E-state index contributed by atoms with van der Waals surface area (Å²) in [6.45, 7) is 0. The number of anilines is 1. The summed E-state index contributed by atoms with van der Waals surface area (Å²) in [5.41, 5.74) is 9.49. The normalized spacial score (nSPS) is 11.1. The average Bonchev–Trinajstić information content (AvgIpc) is 2.79. The molecule has 0 aliphatic carbocycles. The minimum atomic E-state index is 0.521. The van der Waals surface area contributed by atoms with Gasteiger partial charge in [0.05, 0.1) is 21.1 Å². The molecule has 0 saturated carbocycles. The number of nitrogen functional groups attached to an aromatic ring is 1. The van der Waals surface area contributed by atoms with Gasteiger partial charge in [0, 0.05) is 12.1 Å². The van der Waals surface area contributed by atoms with E-state index < -0.39 is 0 Å². The van der Waals surface area contributed by atoms with Crippen LogP contribution >= 0.6 is 23.2 Å². The Kier molecular flexibility index (Phi) is 3.55. The van der Waals surface area contributed by atoms with Crippen molar-refractivity contribution in [2.75, 3.05) is 5.73 Å². The summed E-state index contributed by atoms with van der Waals surface area (Å²) in [6.07, 6.45) is 1.69. The molecule has 3 N–H and O–H groups in total. The number of hydrogen-bond acceptors (Lipinski definition) is 2. The Labute approximate surface area is 126 Å². The quantitative estimate of drug-likeness (QED) is 0.711. The summed E-state index contributed by atoms with van der Waals surface area (Å²) in [7, 11) is 0. The van der Waals surface area contributed by atoms with E-state index in [1.54, 1.807) is 12.1 Å². The van der Waals surface area contributed by atoms with Gasteiger partial charge in [0.15, 0.2) is 0 Å². The molecule has 0 aliphatic heterocycles. The van der Waals surface area contributed by atoms with E-state index in [4.69, 9.17) is 28.9 Å². The summed E-state index contributed by atoms with van der Waals surface area (Å²) in [6, 6.07) is 11.5. The summed E-state index contributed by atoms with van der Waals surface area (Å²) in [5.74, 6) is 0.917. The van der Waals surface area contributed by atoms with Crippen molar-refractivity contribution < 1.29 is 0 Å². The van der Waals surface area contributed by atoms with Gasteiger partial charge in [0.1, 0.15) is 5.82 Å². The third kappa shape index (κ3) is 2.74. The summed E-state index contributed by atoms with van der Waals surface area (Å²) < 4.78 is 0. The maximum Gasteiger partial charge on any atom is 0.107 e. The molecule has 0 saturated heterocycles. The minimum Gasteiger partial charge on any atom is -0.399 e. The minimum absolute atomic E-state index is 0.521. The third-order valence-electron chi connectivity index (χ3n) is 3.17. The number of nitrogens with zero attached hydrogens (tertiary/aromatic N) is 1. The fourth-order valence-corrected chi connectivity index (χ4v) is 2.51. The lowest BCUT2D eigenvalue weighted by molar-refractivity contribution is 0.890. The van der Waals surface area contributed by atoms with Crippen molar-refractivity contribution >= 4 is 39.9 Å². The second-order valence-electron chi connectivity index (χ2n) is 4.71. The number of rotatable bonds is 3. The molecule has 0 radical (unpaired) electrons. The van der Waals surface area contributed by atoms with Crippen LogP contribution in [0.3, 0.4) is 0 Å². The number of benzene rings is 2. The van der Waals surface area contributed by atoms with Gasteiger partial charge in [0.25, 0.3) is 0 Å². The van der Waals surface area contributed by atoms with E-state index in [0.29, 0.717) is 10.0 Å². The van der Waals surface area contributed by atoms with Crippen LogP contribution in [0.4, 0.5) is 5.69 Å². The number of hydrogen-bond donors (Lipinski definition) is 2. The highest BCUT2D eigenvalue weighted by atomic mass is 35.5. The van der Waals surface area contributed by atoms with E-state index in [9.17, 15) is 0 Å². The van der Waals surface area contributed by atoms with E-state index in [-0.39, 0.29) is 0 Å². The van der Waals surface area contributed by atoms with Crippen molar-refractivity contribution in [1.29, 1.82) is 0 Å². The van der Waals surface area contributed by atoms with Gasteiger partial charge in [-0.3, -0.25) is 0 Å². The van der Waals surface area contributed by atoms with Crippen molar-refractivity contribution in [1.82, 2.24) is 9.97 Å². The molecule has 20 heavy (non-hydrogen) atoms. The standard InChI is InChI=1S/C15H13Cl2N3/c16-11-7-13-14(8-12(11)17)20-15(19-13)5-4-9-2-1-3-10(18)6-9/h1-3,6-8H,4-5,18H2,(H,19,20). The predicted octanol–water partition coefficient (Wildman–Crippen LogP) is 4.24. The first-order valence-corrected chi connectivity index (χ1v) is 7.05. The number of halogens is 2. The molecule has 0 amide bonds. The molecule has 102 valence electrons.